The highest BCUT2D eigenvalue weighted by atomic mass is 79.9. The minimum absolute atomic E-state index is 0.166. The summed E-state index contributed by atoms with van der Waals surface area (Å²) >= 11 is 9.46. The van der Waals surface area contributed by atoms with Crippen LogP contribution in [0.1, 0.15) is 24.9 Å². The molecule has 0 bridgehead atoms. The fourth-order valence-corrected chi connectivity index (χ4v) is 2.14. The van der Waals surface area contributed by atoms with Gasteiger partial charge in [0.05, 0.1) is 6.07 Å². The van der Waals surface area contributed by atoms with Crippen molar-refractivity contribution in [2.45, 2.75) is 19.4 Å². The quantitative estimate of drug-likeness (QED) is 0.858. The first-order chi connectivity index (χ1) is 7.15. The molecule has 2 nitrogen and oxygen atoms in total. The molecule has 0 heterocycles. The molecule has 0 fully saturated rings. The number of nitriles is 1. The normalized spacial score (nSPS) is 12.1. The molecule has 4 heteroatoms. The predicted octanol–water partition coefficient (Wildman–Crippen LogP) is 3.67. The lowest BCUT2D eigenvalue weighted by molar-refractivity contribution is 0.583. The summed E-state index contributed by atoms with van der Waals surface area (Å²) in [6.07, 6.45) is 0.512. The third-order valence-corrected chi connectivity index (χ3v) is 2.94. The Labute approximate surface area is 103 Å². The molecule has 1 atom stereocenters. The van der Waals surface area contributed by atoms with Crippen molar-refractivity contribution in [3.63, 3.8) is 0 Å². The molecule has 1 aromatic rings. The van der Waals surface area contributed by atoms with Gasteiger partial charge in [-0.25, -0.2) is 0 Å². The second-order valence-corrected chi connectivity index (χ2v) is 4.57. The van der Waals surface area contributed by atoms with E-state index in [1.807, 2.05) is 25.1 Å². The molecule has 0 aromatic heterocycles. The summed E-state index contributed by atoms with van der Waals surface area (Å²) in [5.74, 6) is 0. The number of nitrogens with one attached hydrogen (secondary N) is 1. The van der Waals surface area contributed by atoms with E-state index in [0.29, 0.717) is 13.0 Å². The van der Waals surface area contributed by atoms with E-state index in [4.69, 9.17) is 16.9 Å². The molecule has 1 unspecified atom stereocenters. The van der Waals surface area contributed by atoms with E-state index in [1.165, 1.54) is 0 Å². The van der Waals surface area contributed by atoms with E-state index in [2.05, 4.69) is 27.3 Å². The van der Waals surface area contributed by atoms with Crippen LogP contribution < -0.4 is 5.32 Å². The Morgan fingerprint density at radius 3 is 2.93 bits per heavy atom. The average molecular weight is 288 g/mol. The van der Waals surface area contributed by atoms with Crippen LogP contribution in [0.5, 0.6) is 0 Å². The van der Waals surface area contributed by atoms with E-state index < -0.39 is 0 Å². The zero-order valence-electron chi connectivity index (χ0n) is 8.43. The smallest absolute Gasteiger partial charge is 0.0635 e. The van der Waals surface area contributed by atoms with Crippen LogP contribution in [0, 0.1) is 11.3 Å². The molecule has 0 saturated heterocycles. The van der Waals surface area contributed by atoms with Gasteiger partial charge < -0.3 is 5.32 Å². The standard InChI is InChI=1S/C11H12BrClN2/c1-8(15-6-2-5-14)10-4-3-9(12)7-11(10)13/h3-4,7-8,15H,2,6H2,1H3. The first-order valence-corrected chi connectivity index (χ1v) is 5.87. The van der Waals surface area contributed by atoms with Crippen LogP contribution in [0.3, 0.4) is 0 Å². The van der Waals surface area contributed by atoms with E-state index in [-0.39, 0.29) is 6.04 Å². The molecule has 0 aliphatic heterocycles. The molecule has 0 spiro atoms. The van der Waals surface area contributed by atoms with E-state index >= 15 is 0 Å². The first-order valence-electron chi connectivity index (χ1n) is 4.70. The molecule has 0 aliphatic carbocycles. The van der Waals surface area contributed by atoms with Gasteiger partial charge in [-0.05, 0) is 24.6 Å². The SMILES string of the molecule is CC(NCCC#N)c1ccc(Br)cc1Cl. The summed E-state index contributed by atoms with van der Waals surface area (Å²) in [7, 11) is 0. The number of rotatable bonds is 4. The molecule has 0 radical (unpaired) electrons. The van der Waals surface area contributed by atoms with Gasteiger partial charge in [0.15, 0.2) is 0 Å². The second-order valence-electron chi connectivity index (χ2n) is 3.25. The van der Waals surface area contributed by atoms with Gasteiger partial charge in [0.1, 0.15) is 0 Å². The fourth-order valence-electron chi connectivity index (χ4n) is 1.31. The van der Waals surface area contributed by atoms with Crippen molar-refractivity contribution < 1.29 is 0 Å². The highest BCUT2D eigenvalue weighted by Crippen LogP contribution is 2.26. The lowest BCUT2D eigenvalue weighted by Crippen LogP contribution is -2.19. The minimum atomic E-state index is 0.166. The Hall–Kier alpha value is -0.560. The fraction of sp³-hybridized carbons (Fsp3) is 0.364. The Kier molecular flexibility index (Phi) is 5.10. The highest BCUT2D eigenvalue weighted by Gasteiger charge is 2.08. The van der Waals surface area contributed by atoms with Gasteiger partial charge >= 0.3 is 0 Å². The van der Waals surface area contributed by atoms with Gasteiger partial charge in [-0.1, -0.05) is 33.6 Å². The molecule has 1 N–H and O–H groups in total. The molecule has 0 amide bonds. The summed E-state index contributed by atoms with van der Waals surface area (Å²) in [6.45, 7) is 2.72. The summed E-state index contributed by atoms with van der Waals surface area (Å²) < 4.78 is 0.973. The van der Waals surface area contributed by atoms with Gasteiger partial charge in [0.25, 0.3) is 0 Å². The largest absolute Gasteiger partial charge is 0.309 e. The van der Waals surface area contributed by atoms with Crippen molar-refractivity contribution in [1.29, 1.82) is 5.26 Å². The van der Waals surface area contributed by atoms with Gasteiger partial charge in [-0.2, -0.15) is 5.26 Å². The molecule has 15 heavy (non-hydrogen) atoms. The number of benzene rings is 1. The number of nitrogens with zero attached hydrogens (tertiary/aromatic N) is 1. The monoisotopic (exact) mass is 286 g/mol. The van der Waals surface area contributed by atoms with E-state index in [1.54, 1.807) is 0 Å². The third kappa shape index (κ3) is 3.83. The molecule has 80 valence electrons. The molecule has 1 rings (SSSR count). The summed E-state index contributed by atoms with van der Waals surface area (Å²) in [5.41, 5.74) is 1.05. The predicted molar refractivity (Wildman–Crippen MR) is 65.8 cm³/mol. The Morgan fingerprint density at radius 2 is 2.33 bits per heavy atom. The lowest BCUT2D eigenvalue weighted by atomic mass is 10.1. The van der Waals surface area contributed by atoms with Crippen LogP contribution in [0.15, 0.2) is 22.7 Å². The topological polar surface area (TPSA) is 35.8 Å². The van der Waals surface area contributed by atoms with Crippen molar-refractivity contribution in [2.75, 3.05) is 6.54 Å². The van der Waals surface area contributed by atoms with Crippen LogP contribution in [-0.4, -0.2) is 6.54 Å². The highest BCUT2D eigenvalue weighted by molar-refractivity contribution is 9.10. The maximum atomic E-state index is 8.42. The van der Waals surface area contributed by atoms with Gasteiger partial charge in [0.2, 0.25) is 0 Å². The Balaban J connectivity index is 2.66. The molecular formula is C11H12BrClN2. The third-order valence-electron chi connectivity index (χ3n) is 2.12. The number of halogens is 2. The van der Waals surface area contributed by atoms with E-state index in [0.717, 1.165) is 15.1 Å². The Morgan fingerprint density at radius 1 is 1.60 bits per heavy atom. The minimum Gasteiger partial charge on any atom is -0.309 e. The zero-order valence-corrected chi connectivity index (χ0v) is 10.8. The average Bonchev–Trinajstić information content (AvgIpc) is 2.17. The van der Waals surface area contributed by atoms with Crippen LogP contribution in [-0.2, 0) is 0 Å². The summed E-state index contributed by atoms with van der Waals surface area (Å²) in [4.78, 5) is 0. The van der Waals surface area contributed by atoms with E-state index in [9.17, 15) is 0 Å². The first kappa shape index (κ1) is 12.5. The molecule has 0 aliphatic rings. The van der Waals surface area contributed by atoms with Crippen LogP contribution in [0.25, 0.3) is 0 Å². The van der Waals surface area contributed by atoms with Crippen molar-refractivity contribution in [3.8, 4) is 6.07 Å². The van der Waals surface area contributed by atoms with Crippen molar-refractivity contribution >= 4 is 27.5 Å². The number of hydrogen-bond acceptors (Lipinski definition) is 2. The zero-order chi connectivity index (χ0) is 11.3. The Bertz CT molecular complexity index is 373. The van der Waals surface area contributed by atoms with Crippen molar-refractivity contribution in [2.24, 2.45) is 0 Å². The van der Waals surface area contributed by atoms with Crippen molar-refractivity contribution in [1.82, 2.24) is 5.32 Å². The molecule has 1 aromatic carbocycles. The number of hydrogen-bond donors (Lipinski definition) is 1. The van der Waals surface area contributed by atoms with Crippen molar-refractivity contribution in [3.05, 3.63) is 33.3 Å². The maximum absolute atomic E-state index is 8.42. The second kappa shape index (κ2) is 6.12. The van der Waals surface area contributed by atoms with Crippen LogP contribution >= 0.6 is 27.5 Å². The van der Waals surface area contributed by atoms with Crippen LogP contribution in [0.4, 0.5) is 0 Å². The summed E-state index contributed by atoms with van der Waals surface area (Å²) in [6, 6.07) is 8.08. The molecule has 0 saturated carbocycles. The maximum Gasteiger partial charge on any atom is 0.0635 e. The summed E-state index contributed by atoms with van der Waals surface area (Å²) in [5, 5.41) is 12.4. The van der Waals surface area contributed by atoms with Gasteiger partial charge in [-0.15, -0.1) is 0 Å². The van der Waals surface area contributed by atoms with Gasteiger partial charge in [0, 0.05) is 28.5 Å². The van der Waals surface area contributed by atoms with Crippen LogP contribution in [0.2, 0.25) is 5.02 Å². The lowest BCUT2D eigenvalue weighted by Gasteiger charge is -2.14. The van der Waals surface area contributed by atoms with Gasteiger partial charge in [-0.3, -0.25) is 0 Å². The molecular weight excluding hydrogens is 275 g/mol.